The second-order valence-electron chi connectivity index (χ2n) is 8.03. The van der Waals surface area contributed by atoms with Gasteiger partial charge in [-0.25, -0.2) is 4.79 Å². The Morgan fingerprint density at radius 2 is 2.03 bits per heavy atom. The summed E-state index contributed by atoms with van der Waals surface area (Å²) in [7, 11) is 0. The van der Waals surface area contributed by atoms with Gasteiger partial charge in [-0.15, -0.1) is 6.58 Å². The summed E-state index contributed by atoms with van der Waals surface area (Å²) in [4.78, 5) is 53.3. The molecule has 2 atom stereocenters. The summed E-state index contributed by atoms with van der Waals surface area (Å²) in [5, 5.41) is 13.7. The molecule has 31 heavy (non-hydrogen) atoms. The summed E-state index contributed by atoms with van der Waals surface area (Å²) in [6.45, 7) is 8.22. The molecule has 0 aliphatic carbocycles. The molecule has 1 N–H and O–H groups in total. The van der Waals surface area contributed by atoms with E-state index >= 15 is 0 Å². The number of anilines is 1. The van der Waals surface area contributed by atoms with Gasteiger partial charge < -0.3 is 4.90 Å². The fourth-order valence-corrected chi connectivity index (χ4v) is 4.69. The lowest BCUT2D eigenvalue weighted by atomic mass is 9.67. The smallest absolute Gasteiger partial charge is 0.331 e. The number of nitrogens with one attached hydrogen (secondary N) is 1. The molecule has 1 fully saturated rings. The molecular weight excluding hydrogens is 400 g/mol. The first kappa shape index (κ1) is 22.5. The standard InChI is InChI=1S/C22H28N4O5/c1-4-7-12-24-17-10-9-16(26(30)31)13-15(17)14-22(18(24)8-5-2)19(27)23-21(29)25(11-6-3)20(22)28/h6,9-10,13,18H,3-5,7-8,11-12,14H2,1-2H3,(H,23,27,29). The van der Waals surface area contributed by atoms with Crippen LogP contribution in [0.3, 0.4) is 0 Å². The minimum absolute atomic E-state index is 0.00287. The number of unbranched alkanes of at least 4 members (excludes halogenated alkanes) is 1. The number of imide groups is 2. The van der Waals surface area contributed by atoms with E-state index < -0.39 is 34.2 Å². The van der Waals surface area contributed by atoms with Gasteiger partial charge in [0.1, 0.15) is 0 Å². The van der Waals surface area contributed by atoms with Crippen molar-refractivity contribution in [3.05, 3.63) is 46.5 Å². The number of barbiturate groups is 1. The van der Waals surface area contributed by atoms with E-state index in [1.165, 1.54) is 18.2 Å². The Morgan fingerprint density at radius 3 is 2.65 bits per heavy atom. The Labute approximate surface area is 181 Å². The van der Waals surface area contributed by atoms with Crippen molar-refractivity contribution in [3.63, 3.8) is 0 Å². The molecule has 3 rings (SSSR count). The Hall–Kier alpha value is -3.23. The van der Waals surface area contributed by atoms with Crippen LogP contribution in [-0.2, 0) is 16.0 Å². The Morgan fingerprint density at radius 1 is 1.29 bits per heavy atom. The number of fused-ring (bicyclic) bond motifs is 1. The van der Waals surface area contributed by atoms with Crippen molar-refractivity contribution in [2.75, 3.05) is 18.0 Å². The van der Waals surface area contributed by atoms with Crippen LogP contribution in [-0.4, -0.2) is 46.8 Å². The summed E-state index contributed by atoms with van der Waals surface area (Å²) in [5.74, 6) is -1.21. The number of hydrogen-bond acceptors (Lipinski definition) is 6. The maximum atomic E-state index is 13.7. The molecule has 4 amide bonds. The number of benzene rings is 1. The average molecular weight is 428 g/mol. The van der Waals surface area contributed by atoms with Crippen LogP contribution in [0.4, 0.5) is 16.2 Å². The fourth-order valence-electron chi connectivity index (χ4n) is 4.69. The summed E-state index contributed by atoms with van der Waals surface area (Å²) in [6.07, 6.45) is 4.47. The van der Waals surface area contributed by atoms with Gasteiger partial charge in [-0.1, -0.05) is 32.8 Å². The summed E-state index contributed by atoms with van der Waals surface area (Å²) in [6, 6.07) is 3.37. The zero-order valence-corrected chi connectivity index (χ0v) is 17.9. The van der Waals surface area contributed by atoms with E-state index in [-0.39, 0.29) is 18.7 Å². The number of urea groups is 1. The molecule has 0 bridgehead atoms. The molecular formula is C22H28N4O5. The molecule has 9 heteroatoms. The van der Waals surface area contributed by atoms with Gasteiger partial charge in [-0.3, -0.25) is 29.9 Å². The number of amides is 4. The minimum Gasteiger partial charge on any atom is -0.367 e. The maximum Gasteiger partial charge on any atom is 0.331 e. The number of nitrogens with zero attached hydrogens (tertiary/aromatic N) is 3. The SMILES string of the molecule is C=CCN1C(=O)NC(=O)C2(Cc3cc([N+](=O)[O-])ccc3N(CCCC)C2CCC)C1=O. The van der Waals surface area contributed by atoms with Crippen LogP contribution in [0.15, 0.2) is 30.9 Å². The lowest BCUT2D eigenvalue weighted by Gasteiger charge is -2.52. The molecule has 1 saturated heterocycles. The predicted molar refractivity (Wildman–Crippen MR) is 116 cm³/mol. The molecule has 2 aliphatic heterocycles. The van der Waals surface area contributed by atoms with Crippen molar-refractivity contribution >= 4 is 29.2 Å². The van der Waals surface area contributed by atoms with E-state index in [0.29, 0.717) is 18.5 Å². The molecule has 1 aromatic rings. The van der Waals surface area contributed by atoms with Crippen LogP contribution in [0.1, 0.15) is 45.1 Å². The highest BCUT2D eigenvalue weighted by Crippen LogP contribution is 2.46. The number of non-ortho nitro benzene ring substituents is 1. The first-order valence-electron chi connectivity index (χ1n) is 10.6. The topological polar surface area (TPSA) is 113 Å². The highest BCUT2D eigenvalue weighted by atomic mass is 16.6. The van der Waals surface area contributed by atoms with Crippen LogP contribution in [0.2, 0.25) is 0 Å². The van der Waals surface area contributed by atoms with Gasteiger partial charge in [0.05, 0.1) is 11.0 Å². The monoisotopic (exact) mass is 428 g/mol. The maximum absolute atomic E-state index is 13.7. The fraction of sp³-hybridized carbons (Fsp3) is 0.500. The highest BCUT2D eigenvalue weighted by molar-refractivity contribution is 6.20. The molecule has 9 nitrogen and oxygen atoms in total. The van der Waals surface area contributed by atoms with Gasteiger partial charge in [0.15, 0.2) is 5.41 Å². The number of carbonyl (C=O) groups is 3. The molecule has 2 unspecified atom stereocenters. The van der Waals surface area contributed by atoms with Crippen molar-refractivity contribution in [2.24, 2.45) is 5.41 Å². The molecule has 1 aromatic carbocycles. The number of carbonyl (C=O) groups excluding carboxylic acids is 3. The van der Waals surface area contributed by atoms with E-state index in [1.54, 1.807) is 6.07 Å². The van der Waals surface area contributed by atoms with Crippen molar-refractivity contribution in [2.45, 2.75) is 52.0 Å². The summed E-state index contributed by atoms with van der Waals surface area (Å²) >= 11 is 0. The van der Waals surface area contributed by atoms with Crippen molar-refractivity contribution in [1.29, 1.82) is 0 Å². The van der Waals surface area contributed by atoms with E-state index in [1.807, 2.05) is 18.7 Å². The van der Waals surface area contributed by atoms with Crippen LogP contribution in [0.25, 0.3) is 0 Å². The minimum atomic E-state index is -1.54. The van der Waals surface area contributed by atoms with Gasteiger partial charge in [0.25, 0.3) is 5.69 Å². The third kappa shape index (κ3) is 3.68. The number of nitro groups is 1. The normalized spacial score (nSPS) is 23.0. The van der Waals surface area contributed by atoms with Gasteiger partial charge in [-0.2, -0.15) is 0 Å². The van der Waals surface area contributed by atoms with E-state index in [4.69, 9.17) is 0 Å². The molecule has 0 saturated carbocycles. The van der Waals surface area contributed by atoms with Gasteiger partial charge >= 0.3 is 6.03 Å². The lowest BCUT2D eigenvalue weighted by molar-refractivity contribution is -0.384. The highest BCUT2D eigenvalue weighted by Gasteiger charge is 2.61. The average Bonchev–Trinajstić information content (AvgIpc) is 2.74. The first-order chi connectivity index (χ1) is 14.8. The molecule has 2 aliphatic rings. The van der Waals surface area contributed by atoms with Crippen LogP contribution < -0.4 is 10.2 Å². The molecule has 2 heterocycles. The first-order valence-corrected chi connectivity index (χ1v) is 10.6. The van der Waals surface area contributed by atoms with Crippen LogP contribution >= 0.6 is 0 Å². The second-order valence-corrected chi connectivity index (χ2v) is 8.03. The van der Waals surface area contributed by atoms with Crippen LogP contribution in [0, 0.1) is 15.5 Å². The summed E-state index contributed by atoms with van der Waals surface area (Å²) < 4.78 is 0. The third-order valence-electron chi connectivity index (χ3n) is 6.12. The summed E-state index contributed by atoms with van der Waals surface area (Å²) in [5.41, 5.74) is -0.269. The Bertz CT molecular complexity index is 930. The van der Waals surface area contributed by atoms with Crippen molar-refractivity contribution in [3.8, 4) is 0 Å². The molecule has 1 spiro atoms. The number of nitro benzene ring substituents is 1. The van der Waals surface area contributed by atoms with E-state index in [2.05, 4.69) is 11.9 Å². The van der Waals surface area contributed by atoms with Gasteiger partial charge in [0.2, 0.25) is 11.8 Å². The Balaban J connectivity index is 2.22. The zero-order valence-electron chi connectivity index (χ0n) is 17.9. The predicted octanol–water partition coefficient (Wildman–Crippen LogP) is 3.18. The second kappa shape index (κ2) is 8.87. The lowest BCUT2D eigenvalue weighted by Crippen LogP contribution is -2.72. The molecule has 0 aromatic heterocycles. The third-order valence-corrected chi connectivity index (χ3v) is 6.12. The zero-order chi connectivity index (χ0) is 22.8. The number of rotatable bonds is 8. The van der Waals surface area contributed by atoms with E-state index in [9.17, 15) is 24.5 Å². The quantitative estimate of drug-likeness (QED) is 0.294. The van der Waals surface area contributed by atoms with Gasteiger partial charge in [0, 0.05) is 37.3 Å². The molecule has 0 radical (unpaired) electrons. The molecule has 166 valence electrons. The number of hydrogen-bond donors (Lipinski definition) is 1. The van der Waals surface area contributed by atoms with Crippen molar-refractivity contribution in [1.82, 2.24) is 10.2 Å². The van der Waals surface area contributed by atoms with Gasteiger partial charge in [-0.05, 0) is 24.5 Å². The van der Waals surface area contributed by atoms with Crippen LogP contribution in [0.5, 0.6) is 0 Å². The van der Waals surface area contributed by atoms with Crippen molar-refractivity contribution < 1.29 is 19.3 Å². The van der Waals surface area contributed by atoms with E-state index in [0.717, 1.165) is 29.8 Å². The Kier molecular flexibility index (Phi) is 6.42. The largest absolute Gasteiger partial charge is 0.367 e.